The number of Topliss-reactive ketones (excluding diaryl/α,β-unsaturated/α-hetero) is 1. The number of hydrogen-bond acceptors (Lipinski definition) is 2. The largest absolute Gasteiger partial charge is 0.310 e. The van der Waals surface area contributed by atoms with E-state index in [9.17, 15) is 4.79 Å². The molecule has 0 atom stereocenters. The average Bonchev–Trinajstić information content (AvgIpc) is 2.18. The van der Waals surface area contributed by atoms with Crippen LogP contribution in [0.25, 0.3) is 0 Å². The molecule has 1 aromatic carbocycles. The molecule has 2 nitrogen and oxygen atoms in total. The van der Waals surface area contributed by atoms with Gasteiger partial charge in [-0.2, -0.15) is 0 Å². The first-order valence-corrected chi connectivity index (χ1v) is 5.77. The van der Waals surface area contributed by atoms with Crippen LogP contribution in [0.4, 0.5) is 0 Å². The summed E-state index contributed by atoms with van der Waals surface area (Å²) in [5.41, 5.74) is 1.09. The molecule has 0 saturated heterocycles. The first kappa shape index (κ1) is 11.7. The van der Waals surface area contributed by atoms with Crippen molar-refractivity contribution in [1.82, 2.24) is 5.32 Å². The van der Waals surface area contributed by atoms with Crippen molar-refractivity contribution >= 4 is 28.4 Å². The summed E-state index contributed by atoms with van der Waals surface area (Å²) < 4.78 is 1.20. The van der Waals surface area contributed by atoms with Crippen LogP contribution in [0.3, 0.4) is 0 Å². The van der Waals surface area contributed by atoms with Crippen molar-refractivity contribution in [1.29, 1.82) is 0 Å². The van der Waals surface area contributed by atoms with Gasteiger partial charge in [-0.15, -0.1) is 0 Å². The number of halogens is 1. The maximum Gasteiger partial charge on any atom is 0.150 e. The Morgan fingerprint density at radius 3 is 2.57 bits per heavy atom. The van der Waals surface area contributed by atoms with Gasteiger partial charge in [0.25, 0.3) is 0 Å². The molecule has 0 fully saturated rings. The number of hydrogen-bond donors (Lipinski definition) is 1. The molecule has 0 heterocycles. The fraction of sp³-hybridized carbons (Fsp3) is 0.364. The molecular weight excluding hydrogens is 289 g/mol. The van der Waals surface area contributed by atoms with Gasteiger partial charge < -0.3 is 5.32 Å². The predicted molar refractivity (Wildman–Crippen MR) is 66.4 cm³/mol. The Kier molecular flexibility index (Phi) is 5.11. The van der Waals surface area contributed by atoms with Crippen LogP contribution in [-0.4, -0.2) is 18.9 Å². The van der Waals surface area contributed by atoms with Gasteiger partial charge in [0.1, 0.15) is 0 Å². The van der Waals surface area contributed by atoms with Gasteiger partial charge in [-0.25, -0.2) is 0 Å². The van der Waals surface area contributed by atoms with Gasteiger partial charge in [-0.1, -0.05) is 19.1 Å². The second kappa shape index (κ2) is 6.14. The molecule has 0 amide bonds. The molecular formula is C11H14INO. The number of carbonyl (C=O) groups is 1. The van der Waals surface area contributed by atoms with Crippen LogP contribution >= 0.6 is 22.6 Å². The average molecular weight is 303 g/mol. The molecule has 1 rings (SSSR count). The van der Waals surface area contributed by atoms with E-state index < -0.39 is 0 Å². The number of likely N-dealkylation sites (N-methyl/N-ethyl adjacent to an activating group) is 1. The van der Waals surface area contributed by atoms with Crippen molar-refractivity contribution in [2.24, 2.45) is 0 Å². The van der Waals surface area contributed by atoms with Gasteiger partial charge in [-0.3, -0.25) is 4.79 Å². The van der Waals surface area contributed by atoms with Crippen LogP contribution in [-0.2, 0) is 11.2 Å². The lowest BCUT2D eigenvalue weighted by Crippen LogP contribution is -2.23. The van der Waals surface area contributed by atoms with E-state index in [1.54, 1.807) is 0 Å². The lowest BCUT2D eigenvalue weighted by atomic mass is 10.1. The Hall–Kier alpha value is -0.420. The highest BCUT2D eigenvalue weighted by Gasteiger charge is 2.02. The zero-order valence-electron chi connectivity index (χ0n) is 8.22. The van der Waals surface area contributed by atoms with E-state index in [-0.39, 0.29) is 5.78 Å². The van der Waals surface area contributed by atoms with Gasteiger partial charge in [-0.05, 0) is 46.8 Å². The minimum Gasteiger partial charge on any atom is -0.310 e. The smallest absolute Gasteiger partial charge is 0.150 e. The van der Waals surface area contributed by atoms with Crippen molar-refractivity contribution < 1.29 is 4.79 Å². The van der Waals surface area contributed by atoms with Crippen molar-refractivity contribution in [2.75, 3.05) is 13.1 Å². The molecule has 0 saturated carbocycles. The molecule has 14 heavy (non-hydrogen) atoms. The fourth-order valence-electron chi connectivity index (χ4n) is 1.16. The van der Waals surface area contributed by atoms with Gasteiger partial charge >= 0.3 is 0 Å². The Labute approximate surface area is 98.2 Å². The number of rotatable bonds is 5. The number of carbonyl (C=O) groups excluding carboxylic acids is 1. The highest BCUT2D eigenvalue weighted by atomic mass is 127. The Balaban J connectivity index is 2.44. The van der Waals surface area contributed by atoms with Crippen LogP contribution in [0, 0.1) is 3.57 Å². The first-order chi connectivity index (χ1) is 6.72. The third kappa shape index (κ3) is 4.19. The van der Waals surface area contributed by atoms with Crippen LogP contribution in [0.1, 0.15) is 12.5 Å². The highest BCUT2D eigenvalue weighted by molar-refractivity contribution is 14.1. The summed E-state index contributed by atoms with van der Waals surface area (Å²) in [6.07, 6.45) is 0.532. The summed E-state index contributed by atoms with van der Waals surface area (Å²) in [5, 5.41) is 3.03. The summed E-state index contributed by atoms with van der Waals surface area (Å²) in [7, 11) is 0. The van der Waals surface area contributed by atoms with E-state index >= 15 is 0 Å². The maximum atomic E-state index is 11.4. The van der Waals surface area contributed by atoms with Crippen molar-refractivity contribution in [3.63, 3.8) is 0 Å². The van der Waals surface area contributed by atoms with Crippen LogP contribution < -0.4 is 5.32 Å². The van der Waals surface area contributed by atoms with Crippen LogP contribution in [0.5, 0.6) is 0 Å². The van der Waals surface area contributed by atoms with E-state index in [0.29, 0.717) is 13.0 Å². The maximum absolute atomic E-state index is 11.4. The molecule has 0 spiro atoms. The normalized spacial score (nSPS) is 10.1. The van der Waals surface area contributed by atoms with E-state index in [1.165, 1.54) is 3.57 Å². The standard InChI is InChI=1S/C11H14INO/c1-2-13-8-11(14)7-9-3-5-10(12)6-4-9/h3-6,13H,2,7-8H2,1H3. The lowest BCUT2D eigenvalue weighted by molar-refractivity contribution is -0.117. The van der Waals surface area contributed by atoms with Gasteiger partial charge in [0.2, 0.25) is 0 Å². The summed E-state index contributed by atoms with van der Waals surface area (Å²) in [6.45, 7) is 3.32. The van der Waals surface area contributed by atoms with E-state index in [4.69, 9.17) is 0 Å². The zero-order chi connectivity index (χ0) is 10.4. The first-order valence-electron chi connectivity index (χ1n) is 4.69. The Morgan fingerprint density at radius 1 is 1.36 bits per heavy atom. The monoisotopic (exact) mass is 303 g/mol. The zero-order valence-corrected chi connectivity index (χ0v) is 10.4. The third-order valence-corrected chi connectivity index (χ3v) is 2.61. The predicted octanol–water partition coefficient (Wildman–Crippen LogP) is 2.01. The molecule has 0 unspecified atom stereocenters. The molecule has 0 bridgehead atoms. The highest BCUT2D eigenvalue weighted by Crippen LogP contribution is 2.07. The number of benzene rings is 1. The molecule has 0 radical (unpaired) electrons. The van der Waals surface area contributed by atoms with Crippen molar-refractivity contribution in [2.45, 2.75) is 13.3 Å². The second-order valence-electron chi connectivity index (χ2n) is 3.12. The van der Waals surface area contributed by atoms with E-state index in [0.717, 1.165) is 12.1 Å². The minimum absolute atomic E-state index is 0.244. The summed E-state index contributed by atoms with van der Waals surface area (Å²) >= 11 is 2.26. The summed E-state index contributed by atoms with van der Waals surface area (Å²) in [5.74, 6) is 0.244. The molecule has 0 aliphatic carbocycles. The molecule has 1 N–H and O–H groups in total. The molecule has 76 valence electrons. The SMILES string of the molecule is CCNCC(=O)Cc1ccc(I)cc1. The quantitative estimate of drug-likeness (QED) is 0.843. The molecule has 0 aliphatic heterocycles. The van der Waals surface area contributed by atoms with Crippen molar-refractivity contribution in [3.8, 4) is 0 Å². The van der Waals surface area contributed by atoms with Crippen LogP contribution in [0.15, 0.2) is 24.3 Å². The van der Waals surface area contributed by atoms with Gasteiger partial charge in [0, 0.05) is 9.99 Å². The fourth-order valence-corrected chi connectivity index (χ4v) is 1.52. The van der Waals surface area contributed by atoms with Crippen molar-refractivity contribution in [3.05, 3.63) is 33.4 Å². The molecule has 0 aromatic heterocycles. The van der Waals surface area contributed by atoms with Gasteiger partial charge in [0.05, 0.1) is 6.54 Å². The van der Waals surface area contributed by atoms with Gasteiger partial charge in [0.15, 0.2) is 5.78 Å². The molecule has 1 aromatic rings. The Morgan fingerprint density at radius 2 is 2.00 bits per heavy atom. The summed E-state index contributed by atoms with van der Waals surface area (Å²) in [6, 6.07) is 8.06. The van der Waals surface area contributed by atoms with Crippen LogP contribution in [0.2, 0.25) is 0 Å². The summed E-state index contributed by atoms with van der Waals surface area (Å²) in [4.78, 5) is 11.4. The molecule has 3 heteroatoms. The second-order valence-corrected chi connectivity index (χ2v) is 4.37. The lowest BCUT2D eigenvalue weighted by Gasteiger charge is -2.01. The number of nitrogens with one attached hydrogen (secondary N) is 1. The molecule has 0 aliphatic rings. The van der Waals surface area contributed by atoms with E-state index in [1.807, 2.05) is 31.2 Å². The minimum atomic E-state index is 0.244. The van der Waals surface area contributed by atoms with E-state index in [2.05, 4.69) is 27.9 Å². The third-order valence-electron chi connectivity index (χ3n) is 1.89. The number of ketones is 1. The topological polar surface area (TPSA) is 29.1 Å². The Bertz CT molecular complexity index is 295.